The van der Waals surface area contributed by atoms with Crippen molar-refractivity contribution in [2.75, 3.05) is 11.2 Å². The van der Waals surface area contributed by atoms with Gasteiger partial charge in [0.2, 0.25) is 5.91 Å². The van der Waals surface area contributed by atoms with Gasteiger partial charge >= 0.3 is 0 Å². The van der Waals surface area contributed by atoms with E-state index < -0.39 is 5.25 Å². The highest BCUT2D eigenvalue weighted by Crippen LogP contribution is 2.32. The van der Waals surface area contributed by atoms with Crippen molar-refractivity contribution in [1.82, 2.24) is 19.4 Å². The van der Waals surface area contributed by atoms with Gasteiger partial charge in [-0.2, -0.15) is 5.10 Å². The Hall–Kier alpha value is -3.11. The summed E-state index contributed by atoms with van der Waals surface area (Å²) in [7, 11) is 0. The number of thiophene rings is 1. The summed E-state index contributed by atoms with van der Waals surface area (Å²) in [6.45, 7) is 5.71. The lowest BCUT2D eigenvalue weighted by atomic mass is 10.1. The van der Waals surface area contributed by atoms with E-state index in [1.807, 2.05) is 49.6 Å². The van der Waals surface area contributed by atoms with Crippen LogP contribution in [0.2, 0.25) is 0 Å². The second kappa shape index (κ2) is 8.56. The number of thioether (sulfide) groups is 1. The van der Waals surface area contributed by atoms with Crippen molar-refractivity contribution < 1.29 is 4.79 Å². The Morgan fingerprint density at radius 2 is 1.94 bits per heavy atom. The molecular weight excluding hydrogens is 432 g/mol. The Labute approximate surface area is 187 Å². The lowest BCUT2D eigenvalue weighted by Gasteiger charge is -2.15. The number of nitrogens with one attached hydrogen (secondary N) is 1. The minimum Gasteiger partial charge on any atom is -0.334 e. The van der Waals surface area contributed by atoms with Crippen molar-refractivity contribution in [1.29, 1.82) is 0 Å². The summed E-state index contributed by atoms with van der Waals surface area (Å²) in [5.74, 6) is 6.48. The Morgan fingerprint density at radius 3 is 2.65 bits per heavy atom. The molecule has 0 fully saturated rings. The molecule has 4 rings (SSSR count). The molecule has 3 aromatic heterocycles. The third-order valence-electron chi connectivity index (χ3n) is 4.75. The van der Waals surface area contributed by atoms with Crippen LogP contribution in [0.3, 0.4) is 0 Å². The van der Waals surface area contributed by atoms with Crippen LogP contribution in [0.1, 0.15) is 26.8 Å². The van der Waals surface area contributed by atoms with Crippen molar-refractivity contribution in [2.24, 2.45) is 0 Å². The predicted molar refractivity (Wildman–Crippen MR) is 126 cm³/mol. The van der Waals surface area contributed by atoms with Crippen LogP contribution in [0.15, 0.2) is 57.9 Å². The topological polar surface area (TPSA) is 108 Å². The molecule has 0 bridgehead atoms. The summed E-state index contributed by atoms with van der Waals surface area (Å²) < 4.78 is 2.75. The van der Waals surface area contributed by atoms with E-state index in [1.165, 1.54) is 11.3 Å². The molecule has 31 heavy (non-hydrogen) atoms. The number of fused-ring (bicyclic) bond motifs is 1. The monoisotopic (exact) mass is 454 g/mol. The summed E-state index contributed by atoms with van der Waals surface area (Å²) in [4.78, 5) is 30.9. The summed E-state index contributed by atoms with van der Waals surface area (Å²) in [6, 6.07) is 11.5. The van der Waals surface area contributed by atoms with E-state index in [4.69, 9.17) is 5.84 Å². The molecule has 0 spiro atoms. The SMILES string of the molecule is CC(C)n1nccc1NC(=O)[C@H](C)Sc1nc2scc(-c3ccccc3)c2c(=O)n1N. The van der Waals surface area contributed by atoms with Crippen LogP contribution in [0.5, 0.6) is 0 Å². The summed E-state index contributed by atoms with van der Waals surface area (Å²) in [5.41, 5.74) is 1.40. The van der Waals surface area contributed by atoms with Crippen LogP contribution >= 0.6 is 23.1 Å². The van der Waals surface area contributed by atoms with E-state index in [-0.39, 0.29) is 17.5 Å². The standard InChI is InChI=1S/C21H22N6O2S2/c1-12(2)27-16(9-10-23-27)24-18(28)13(3)31-21-25-19-17(20(29)26(21)22)15(11-30-19)14-7-5-4-6-8-14/h4-13H,22H2,1-3H3,(H,24,28)/t13-/m0/s1. The predicted octanol–water partition coefficient (Wildman–Crippen LogP) is 3.74. The molecule has 4 aromatic rings. The number of carbonyl (C=O) groups excluding carboxylic acids is 1. The van der Waals surface area contributed by atoms with Crippen LogP contribution in [-0.4, -0.2) is 30.6 Å². The number of nitrogen functional groups attached to an aromatic ring is 1. The molecule has 0 aliphatic heterocycles. The molecule has 0 unspecified atom stereocenters. The van der Waals surface area contributed by atoms with Crippen LogP contribution in [0, 0.1) is 0 Å². The first-order valence-corrected chi connectivity index (χ1v) is 11.5. The van der Waals surface area contributed by atoms with Gasteiger partial charge in [-0.3, -0.25) is 9.59 Å². The maximum atomic E-state index is 13.0. The molecular formula is C21H22N6O2S2. The molecule has 0 aliphatic rings. The molecule has 10 heteroatoms. The van der Waals surface area contributed by atoms with Crippen molar-refractivity contribution in [2.45, 2.75) is 37.2 Å². The van der Waals surface area contributed by atoms with E-state index in [9.17, 15) is 9.59 Å². The summed E-state index contributed by atoms with van der Waals surface area (Å²) >= 11 is 2.53. The van der Waals surface area contributed by atoms with E-state index in [0.29, 0.717) is 21.2 Å². The smallest absolute Gasteiger partial charge is 0.282 e. The van der Waals surface area contributed by atoms with E-state index in [0.717, 1.165) is 27.6 Å². The number of benzene rings is 1. The molecule has 1 aromatic carbocycles. The zero-order chi connectivity index (χ0) is 22.1. The Balaban J connectivity index is 1.60. The number of anilines is 1. The van der Waals surface area contributed by atoms with Crippen LogP contribution in [-0.2, 0) is 4.79 Å². The number of nitrogens with zero attached hydrogens (tertiary/aromatic N) is 4. The highest BCUT2D eigenvalue weighted by atomic mass is 32.2. The van der Waals surface area contributed by atoms with Crippen LogP contribution in [0.25, 0.3) is 21.3 Å². The van der Waals surface area contributed by atoms with Gasteiger partial charge in [-0.05, 0) is 26.3 Å². The van der Waals surface area contributed by atoms with Gasteiger partial charge in [0.25, 0.3) is 5.56 Å². The zero-order valence-corrected chi connectivity index (χ0v) is 18.9. The molecule has 3 heterocycles. The second-order valence-electron chi connectivity index (χ2n) is 7.27. The highest BCUT2D eigenvalue weighted by Gasteiger charge is 2.22. The molecule has 1 atom stereocenters. The van der Waals surface area contributed by atoms with Gasteiger partial charge in [-0.1, -0.05) is 42.1 Å². The molecule has 8 nitrogen and oxygen atoms in total. The molecule has 0 saturated carbocycles. The highest BCUT2D eigenvalue weighted by molar-refractivity contribution is 8.00. The third kappa shape index (κ3) is 4.08. The molecule has 0 aliphatic carbocycles. The normalized spacial score (nSPS) is 12.4. The average Bonchev–Trinajstić information content (AvgIpc) is 3.39. The van der Waals surface area contributed by atoms with Crippen molar-refractivity contribution in [3.05, 3.63) is 58.3 Å². The van der Waals surface area contributed by atoms with Crippen molar-refractivity contribution in [3.63, 3.8) is 0 Å². The Kier molecular flexibility index (Phi) is 5.84. The largest absolute Gasteiger partial charge is 0.334 e. The first-order chi connectivity index (χ1) is 14.9. The fourth-order valence-corrected chi connectivity index (χ4v) is 4.98. The van der Waals surface area contributed by atoms with E-state index in [1.54, 1.807) is 23.9 Å². The first kappa shape index (κ1) is 21.1. The molecule has 0 saturated heterocycles. The fraction of sp³-hybridized carbons (Fsp3) is 0.238. The number of hydrogen-bond acceptors (Lipinski definition) is 7. The zero-order valence-electron chi connectivity index (χ0n) is 17.3. The molecule has 0 radical (unpaired) electrons. The van der Waals surface area contributed by atoms with Gasteiger partial charge in [-0.15, -0.1) is 11.3 Å². The quantitative estimate of drug-likeness (QED) is 0.261. The number of nitrogens with two attached hydrogens (primary N) is 1. The van der Waals surface area contributed by atoms with Gasteiger partial charge in [0.1, 0.15) is 10.6 Å². The van der Waals surface area contributed by atoms with Gasteiger partial charge in [-0.25, -0.2) is 14.3 Å². The van der Waals surface area contributed by atoms with Gasteiger partial charge < -0.3 is 11.2 Å². The van der Waals surface area contributed by atoms with E-state index >= 15 is 0 Å². The van der Waals surface area contributed by atoms with Gasteiger partial charge in [0.15, 0.2) is 5.16 Å². The summed E-state index contributed by atoms with van der Waals surface area (Å²) in [5, 5.41) is 9.26. The number of carbonyl (C=O) groups is 1. The number of amides is 1. The third-order valence-corrected chi connectivity index (χ3v) is 6.69. The second-order valence-corrected chi connectivity index (χ2v) is 9.44. The Morgan fingerprint density at radius 1 is 1.19 bits per heavy atom. The molecule has 1 amide bonds. The van der Waals surface area contributed by atoms with Crippen molar-refractivity contribution >= 4 is 45.0 Å². The molecule has 3 N–H and O–H groups in total. The molecule has 160 valence electrons. The first-order valence-electron chi connectivity index (χ1n) is 9.72. The minimum atomic E-state index is -0.525. The van der Waals surface area contributed by atoms with Crippen LogP contribution < -0.4 is 16.7 Å². The number of hydrogen-bond donors (Lipinski definition) is 2. The van der Waals surface area contributed by atoms with E-state index in [2.05, 4.69) is 15.4 Å². The van der Waals surface area contributed by atoms with Gasteiger partial charge in [0, 0.05) is 23.1 Å². The maximum Gasteiger partial charge on any atom is 0.282 e. The van der Waals surface area contributed by atoms with Gasteiger partial charge in [0.05, 0.1) is 16.8 Å². The maximum absolute atomic E-state index is 13.0. The van der Waals surface area contributed by atoms with Crippen LogP contribution in [0.4, 0.5) is 5.82 Å². The lowest BCUT2D eigenvalue weighted by molar-refractivity contribution is -0.115. The Bertz CT molecular complexity index is 1290. The minimum absolute atomic E-state index is 0.115. The van der Waals surface area contributed by atoms with Crippen molar-refractivity contribution in [3.8, 4) is 11.1 Å². The lowest BCUT2D eigenvalue weighted by Crippen LogP contribution is -2.31. The number of rotatable bonds is 6. The average molecular weight is 455 g/mol. The number of aromatic nitrogens is 4. The summed E-state index contributed by atoms with van der Waals surface area (Å²) in [6.07, 6.45) is 1.64. The fourth-order valence-electron chi connectivity index (χ4n) is 3.16.